The Labute approximate surface area is 441 Å². The third-order valence-corrected chi connectivity index (χ3v) is 13.7. The maximum Gasteiger partial charge on any atom is 0.431 e. The molecule has 2 atom stereocenters. The van der Waals surface area contributed by atoms with Crippen molar-refractivity contribution in [3.63, 3.8) is 0 Å². The van der Waals surface area contributed by atoms with Gasteiger partial charge in [0.25, 0.3) is 11.8 Å². The van der Waals surface area contributed by atoms with Gasteiger partial charge in [-0.2, -0.15) is 47.1 Å². The lowest BCUT2D eigenvalue weighted by Gasteiger charge is -2.53. The number of amides is 2. The topological polar surface area (TPSA) is 153 Å². The van der Waals surface area contributed by atoms with Gasteiger partial charge in [0.15, 0.2) is 0 Å². The molecule has 5 aliphatic rings. The molecule has 384 valence electrons. The zero-order valence-electron chi connectivity index (χ0n) is 38.7. The van der Waals surface area contributed by atoms with Crippen molar-refractivity contribution in [2.45, 2.75) is 37.8 Å². The highest BCUT2D eigenvalue weighted by molar-refractivity contribution is 14.1. The third kappa shape index (κ3) is 12.4. The molecule has 4 aromatic carbocycles. The molecule has 4 aromatic rings. The molecule has 0 spiro atoms. The second-order valence-electron chi connectivity index (χ2n) is 16.7. The molecule has 73 heavy (non-hydrogen) atoms. The molecule has 0 aliphatic carbocycles. The molecule has 5 heterocycles. The molecule has 0 bridgehead atoms. The Kier molecular flexibility index (Phi) is 17.7. The van der Waals surface area contributed by atoms with Gasteiger partial charge < -0.3 is 24.2 Å². The smallest absolute Gasteiger partial charge is 0.379 e. The van der Waals surface area contributed by atoms with Crippen LogP contribution in [0.25, 0.3) is 0 Å². The third-order valence-electron chi connectivity index (χ3n) is 12.3. The fourth-order valence-electron chi connectivity index (χ4n) is 8.71. The van der Waals surface area contributed by atoms with Crippen LogP contribution in [0.1, 0.15) is 30.9 Å². The fourth-order valence-corrected chi connectivity index (χ4v) is 9.43. The maximum absolute atomic E-state index is 14.4. The number of hydrogen-bond donors (Lipinski definition) is 1. The summed E-state index contributed by atoms with van der Waals surface area (Å²) in [4.78, 5) is 34.3. The van der Waals surface area contributed by atoms with Gasteiger partial charge in [-0.15, -0.1) is 0 Å². The number of hydrazone groups is 2. The van der Waals surface area contributed by atoms with Crippen molar-refractivity contribution in [2.75, 3.05) is 85.9 Å². The van der Waals surface area contributed by atoms with Crippen LogP contribution in [0.4, 0.5) is 57.9 Å². The molecule has 3 fully saturated rings. The van der Waals surface area contributed by atoms with E-state index in [1.807, 2.05) is 41.3 Å². The Balaban J connectivity index is 0.000000178. The lowest BCUT2D eigenvalue weighted by atomic mass is 9.79. The van der Waals surface area contributed by atoms with Crippen molar-refractivity contribution in [3.05, 3.63) is 127 Å². The highest BCUT2D eigenvalue weighted by Gasteiger charge is 2.68. The summed E-state index contributed by atoms with van der Waals surface area (Å²) in [6.45, 7) is 5.50. The predicted octanol–water partition coefficient (Wildman–Crippen LogP) is 9.41. The molecular formula is C49H44F8I2N10O4. The van der Waals surface area contributed by atoms with E-state index in [9.17, 15) is 50.0 Å². The van der Waals surface area contributed by atoms with Crippen molar-refractivity contribution in [1.82, 2.24) is 9.80 Å². The zero-order chi connectivity index (χ0) is 52.7. The maximum atomic E-state index is 14.4. The van der Waals surface area contributed by atoms with E-state index in [0.717, 1.165) is 77.2 Å². The van der Waals surface area contributed by atoms with Gasteiger partial charge in [0.2, 0.25) is 5.66 Å². The summed E-state index contributed by atoms with van der Waals surface area (Å²) < 4.78 is 119. The molecule has 5 aliphatic heterocycles. The van der Waals surface area contributed by atoms with E-state index < -0.39 is 52.9 Å². The van der Waals surface area contributed by atoms with E-state index in [1.54, 1.807) is 29.2 Å². The monoisotopic (exact) mass is 1240 g/mol. The number of benzene rings is 4. The van der Waals surface area contributed by atoms with Crippen LogP contribution in [0.15, 0.2) is 107 Å². The minimum Gasteiger partial charge on any atom is -0.379 e. The Morgan fingerprint density at radius 1 is 0.740 bits per heavy atom. The minimum atomic E-state index is -4.79. The Hall–Kier alpha value is -5.94. The first-order chi connectivity index (χ1) is 34.8. The number of hydrogen-bond acceptors (Lipinski definition) is 12. The lowest BCUT2D eigenvalue weighted by molar-refractivity contribution is -0.140. The van der Waals surface area contributed by atoms with Crippen molar-refractivity contribution >= 4 is 91.2 Å². The van der Waals surface area contributed by atoms with Crippen LogP contribution in [-0.4, -0.2) is 117 Å². The number of ether oxygens (including phenoxy) is 2. The van der Waals surface area contributed by atoms with E-state index in [4.69, 9.17) is 14.7 Å². The number of halogens is 10. The number of alkyl halides is 6. The number of fused-ring (bicyclic) bond motifs is 1. The zero-order valence-corrected chi connectivity index (χ0v) is 43.0. The number of nitriles is 2. The Bertz CT molecular complexity index is 2840. The highest BCUT2D eigenvalue weighted by atomic mass is 127. The van der Waals surface area contributed by atoms with E-state index >= 15 is 0 Å². The number of nitrogens with one attached hydrogen (secondary N) is 1. The van der Waals surface area contributed by atoms with E-state index in [1.165, 1.54) is 20.6 Å². The first-order valence-corrected chi connectivity index (χ1v) is 24.7. The highest BCUT2D eigenvalue weighted by Crippen LogP contribution is 2.49. The molecule has 0 aromatic heterocycles. The first kappa shape index (κ1) is 54.8. The normalized spacial score (nSPS) is 20.6. The molecule has 0 radical (unpaired) electrons. The molecule has 9 rings (SSSR count). The van der Waals surface area contributed by atoms with E-state index in [0.29, 0.717) is 18.9 Å². The van der Waals surface area contributed by atoms with Crippen molar-refractivity contribution in [2.24, 2.45) is 16.1 Å². The largest absolute Gasteiger partial charge is 0.431 e. The molecule has 3 saturated heterocycles. The molecule has 0 saturated carbocycles. The Morgan fingerprint density at radius 2 is 1.27 bits per heavy atom. The lowest BCUT2D eigenvalue weighted by Crippen LogP contribution is -2.74. The summed E-state index contributed by atoms with van der Waals surface area (Å²) in [5.41, 5.74) is -0.00633. The van der Waals surface area contributed by atoms with Gasteiger partial charge >= 0.3 is 12.4 Å². The predicted molar refractivity (Wildman–Crippen MR) is 272 cm³/mol. The number of anilines is 4. The standard InChI is InChI=1S/C24H20F4IN5O2.C15H17IN2O2.C10H7F4N3/c25-20-6-5-18(13-15(20)14-30)34-23(32-9-11-36-12-10-32)19(21(31-34)24(26,27)28)7-8-33(22(23)35)17-3-1-16(29)2-4-17;16-12-3-5-13(6-4-12)18-7-1-2-14(15(18)19)17-8-10-20-11-9-17;1-6(10(12,13)14)16-17-8-2-3-9(11)7(4-8)5-15/h1-6,13,19H,7-12H2;2-6H,1,7-11H2;2-4,17H,1H3/b;;16-6+/t19-,23+;;/m0../s1. The molecular weight excluding hydrogens is 1200 g/mol. The molecule has 1 N–H and O–H groups in total. The SMILES string of the molecule is C/C(=N\Nc1ccc(F)c(C#N)c1)C(F)(F)F.N#Cc1cc(N2N=C(C(F)(F)F)[C@@H]3CCN(c4ccc(I)cc4)C(=O)[C@@]32N2CCOCC2)ccc1F.O=C1C(N2CCOCC2)=CCCN1c1ccc(I)cc1. The quantitative estimate of drug-likeness (QED) is 0.0820. The van der Waals surface area contributed by atoms with Gasteiger partial charge in [-0.05, 0) is 150 Å². The van der Waals surface area contributed by atoms with Crippen molar-refractivity contribution in [3.8, 4) is 12.1 Å². The van der Waals surface area contributed by atoms with Crippen molar-refractivity contribution in [1.29, 1.82) is 10.5 Å². The Morgan fingerprint density at radius 3 is 1.84 bits per heavy atom. The van der Waals surface area contributed by atoms with E-state index in [2.05, 4.69) is 71.8 Å². The summed E-state index contributed by atoms with van der Waals surface area (Å²) in [7, 11) is 0. The molecule has 14 nitrogen and oxygen atoms in total. The van der Waals surface area contributed by atoms with Gasteiger partial charge in [0.1, 0.15) is 35.2 Å². The summed E-state index contributed by atoms with van der Waals surface area (Å²) in [5, 5.41) is 26.0. The molecule has 0 unspecified atom stereocenters. The summed E-state index contributed by atoms with van der Waals surface area (Å²) >= 11 is 4.41. The molecule has 2 amide bonds. The summed E-state index contributed by atoms with van der Waals surface area (Å²) in [6.07, 6.45) is -6.33. The number of nitrogens with zero attached hydrogens (tertiary/aromatic N) is 9. The second kappa shape index (κ2) is 23.5. The van der Waals surface area contributed by atoms with Crippen LogP contribution in [0.5, 0.6) is 0 Å². The van der Waals surface area contributed by atoms with Crippen LogP contribution in [-0.2, 0) is 19.1 Å². The van der Waals surface area contributed by atoms with Crippen molar-refractivity contribution < 1.29 is 54.2 Å². The number of rotatable bonds is 7. The van der Waals surface area contributed by atoms with Crippen LogP contribution in [0.2, 0.25) is 0 Å². The number of carbonyl (C=O) groups is 2. The van der Waals surface area contributed by atoms with Crippen LogP contribution < -0.4 is 20.2 Å². The molecule has 24 heteroatoms. The van der Waals surface area contributed by atoms with Gasteiger partial charge in [0.05, 0.1) is 60.5 Å². The van der Waals surface area contributed by atoms with E-state index in [-0.39, 0.29) is 67.7 Å². The van der Waals surface area contributed by atoms with Gasteiger partial charge in [0, 0.05) is 57.8 Å². The minimum absolute atomic E-state index is 0.0101. The van der Waals surface area contributed by atoms with Gasteiger partial charge in [-0.3, -0.25) is 19.9 Å². The van der Waals surface area contributed by atoms with Crippen LogP contribution in [0, 0.1) is 47.4 Å². The fraction of sp³-hybridized carbons (Fsp3) is 0.347. The first-order valence-electron chi connectivity index (χ1n) is 22.5. The number of carbonyl (C=O) groups excluding carboxylic acids is 2. The van der Waals surface area contributed by atoms with Gasteiger partial charge in [-0.25, -0.2) is 13.8 Å². The van der Waals surface area contributed by atoms with Crippen LogP contribution >= 0.6 is 45.2 Å². The summed E-state index contributed by atoms with van der Waals surface area (Å²) in [5.74, 6) is -3.30. The number of morpholine rings is 2. The second-order valence-corrected chi connectivity index (χ2v) is 19.2. The van der Waals surface area contributed by atoms with Gasteiger partial charge in [-0.1, -0.05) is 6.08 Å². The number of piperidine rings is 1. The summed E-state index contributed by atoms with van der Waals surface area (Å²) in [6, 6.07) is 25.1. The average Bonchev–Trinajstić information content (AvgIpc) is 3.76. The average molecular weight is 1240 g/mol. The van der Waals surface area contributed by atoms with Crippen LogP contribution in [0.3, 0.4) is 0 Å².